The number of nitrogens with one attached hydrogen (secondary N) is 2. The number of morpholine rings is 1. The fourth-order valence-electron chi connectivity index (χ4n) is 3.56. The first-order chi connectivity index (χ1) is 17.4. The molecule has 2 heterocycles. The first-order valence-corrected chi connectivity index (χ1v) is 12.2. The maximum atomic E-state index is 12.9. The summed E-state index contributed by atoms with van der Waals surface area (Å²) in [4.78, 5) is 41.6. The summed E-state index contributed by atoms with van der Waals surface area (Å²) in [5.74, 6) is 1.62. The molecule has 1 aromatic heterocycles. The van der Waals surface area contributed by atoms with Gasteiger partial charge in [0.15, 0.2) is 5.57 Å². The topological polar surface area (TPSA) is 120 Å². The van der Waals surface area contributed by atoms with Gasteiger partial charge < -0.3 is 20.3 Å². The minimum absolute atomic E-state index is 0.0218. The highest BCUT2D eigenvalue weighted by Crippen LogP contribution is 2.19. The molecule has 11 heteroatoms. The Morgan fingerprint density at radius 2 is 2.08 bits per heavy atom. The van der Waals surface area contributed by atoms with E-state index in [1.54, 1.807) is 24.9 Å². The summed E-state index contributed by atoms with van der Waals surface area (Å²) in [5.41, 5.74) is 0.884. The molecule has 0 aliphatic carbocycles. The summed E-state index contributed by atoms with van der Waals surface area (Å²) in [5, 5.41) is 15.1. The van der Waals surface area contributed by atoms with Gasteiger partial charge in [0.1, 0.15) is 15.3 Å². The van der Waals surface area contributed by atoms with E-state index in [1.165, 1.54) is 10.8 Å². The highest BCUT2D eigenvalue weighted by Gasteiger charge is 2.18. The number of thiazole rings is 1. The summed E-state index contributed by atoms with van der Waals surface area (Å²) >= 11 is 1.04. The molecule has 3 rings (SSSR count). The van der Waals surface area contributed by atoms with Crippen LogP contribution in [0.2, 0.25) is 0 Å². The second kappa shape index (κ2) is 12.7. The molecular formula is C25H28N6O4S. The van der Waals surface area contributed by atoms with Crippen LogP contribution in [-0.4, -0.2) is 67.7 Å². The Hall–Kier alpha value is -3.90. The van der Waals surface area contributed by atoms with Crippen molar-refractivity contribution in [2.45, 2.75) is 13.5 Å². The minimum atomic E-state index is -0.629. The van der Waals surface area contributed by atoms with E-state index in [9.17, 15) is 19.6 Å². The zero-order valence-corrected chi connectivity index (χ0v) is 21.1. The van der Waals surface area contributed by atoms with Crippen LogP contribution in [0.5, 0.6) is 0 Å². The Labute approximate surface area is 213 Å². The standard InChI is InChI=1S/C25H28N6O4S/c1-4-9-27-23(33)20(15-26)25-31(5-2)24(34)21(36-25)16-28-18-7-6-8-19(14-18)29(3)22(32)17-30-10-12-35-13-11-30/h1,6-8,14,16,28H,5,9-13,17H2,2-3H3,(H,27,33). The van der Waals surface area contributed by atoms with E-state index in [0.717, 1.165) is 24.4 Å². The number of nitriles is 1. The van der Waals surface area contributed by atoms with E-state index < -0.39 is 5.91 Å². The summed E-state index contributed by atoms with van der Waals surface area (Å²) in [7, 11) is 1.72. The zero-order chi connectivity index (χ0) is 26.1. The normalized spacial score (nSPS) is 14.9. The molecule has 10 nitrogen and oxygen atoms in total. The second-order valence-corrected chi connectivity index (χ2v) is 8.91. The first-order valence-electron chi connectivity index (χ1n) is 11.4. The predicted octanol–water partition coefficient (Wildman–Crippen LogP) is -0.502. The van der Waals surface area contributed by atoms with Crippen molar-refractivity contribution < 1.29 is 14.3 Å². The summed E-state index contributed by atoms with van der Waals surface area (Å²) in [6.07, 6.45) is 6.71. The van der Waals surface area contributed by atoms with Gasteiger partial charge in [-0.05, 0) is 25.1 Å². The van der Waals surface area contributed by atoms with Crippen LogP contribution in [0.1, 0.15) is 6.92 Å². The maximum Gasteiger partial charge on any atom is 0.270 e. The lowest BCUT2D eigenvalue weighted by Gasteiger charge is -2.28. The molecule has 188 valence electrons. The molecule has 0 saturated carbocycles. The van der Waals surface area contributed by atoms with Gasteiger partial charge in [0, 0.05) is 44.3 Å². The number of anilines is 2. The van der Waals surface area contributed by atoms with Gasteiger partial charge in [-0.25, -0.2) is 0 Å². The van der Waals surface area contributed by atoms with Crippen molar-refractivity contribution >= 4 is 46.3 Å². The number of likely N-dealkylation sites (N-methyl/N-ethyl adjacent to an activating group) is 1. The molecule has 0 radical (unpaired) electrons. The number of aromatic nitrogens is 1. The number of ether oxygens (including phenoxy) is 1. The van der Waals surface area contributed by atoms with Crippen molar-refractivity contribution in [3.05, 3.63) is 43.8 Å². The first kappa shape index (κ1) is 26.7. The fraction of sp³-hybridized carbons (Fsp3) is 0.360. The number of rotatable bonds is 8. The van der Waals surface area contributed by atoms with Crippen LogP contribution in [-0.2, 0) is 20.9 Å². The molecule has 1 fully saturated rings. The molecule has 2 aromatic rings. The number of hydrogen-bond donors (Lipinski definition) is 2. The van der Waals surface area contributed by atoms with Crippen molar-refractivity contribution in [2.75, 3.05) is 56.7 Å². The van der Waals surface area contributed by atoms with Crippen LogP contribution < -0.4 is 30.3 Å². The molecule has 1 aliphatic rings. The van der Waals surface area contributed by atoms with E-state index in [1.807, 2.05) is 24.3 Å². The molecule has 0 bridgehead atoms. The van der Waals surface area contributed by atoms with E-state index in [-0.39, 0.29) is 34.8 Å². The van der Waals surface area contributed by atoms with Gasteiger partial charge in [0.05, 0.1) is 26.3 Å². The van der Waals surface area contributed by atoms with Crippen LogP contribution in [0.4, 0.5) is 11.4 Å². The van der Waals surface area contributed by atoms with Crippen molar-refractivity contribution in [1.29, 1.82) is 5.26 Å². The Kier molecular flexibility index (Phi) is 9.42. The van der Waals surface area contributed by atoms with E-state index in [4.69, 9.17) is 11.2 Å². The molecule has 1 saturated heterocycles. The third-order valence-electron chi connectivity index (χ3n) is 5.57. The molecule has 0 atom stereocenters. The second-order valence-electron chi connectivity index (χ2n) is 7.87. The lowest BCUT2D eigenvalue weighted by molar-refractivity contribution is -0.120. The van der Waals surface area contributed by atoms with E-state index >= 15 is 0 Å². The Balaban J connectivity index is 1.84. The molecule has 0 unspecified atom stereocenters. The average molecular weight is 509 g/mol. The van der Waals surface area contributed by atoms with Crippen LogP contribution >= 0.6 is 11.3 Å². The molecule has 36 heavy (non-hydrogen) atoms. The third-order valence-corrected chi connectivity index (χ3v) is 6.70. The average Bonchev–Trinajstić information content (AvgIpc) is 3.21. The fourth-order valence-corrected chi connectivity index (χ4v) is 4.65. The molecule has 1 aliphatic heterocycles. The molecular weight excluding hydrogens is 480 g/mol. The zero-order valence-electron chi connectivity index (χ0n) is 20.2. The largest absolute Gasteiger partial charge is 0.379 e. The lowest BCUT2D eigenvalue weighted by atomic mass is 10.2. The van der Waals surface area contributed by atoms with Crippen molar-refractivity contribution in [3.8, 4) is 18.4 Å². The smallest absolute Gasteiger partial charge is 0.270 e. The predicted molar refractivity (Wildman–Crippen MR) is 140 cm³/mol. The van der Waals surface area contributed by atoms with Gasteiger partial charge in [0.25, 0.3) is 11.5 Å². The highest BCUT2D eigenvalue weighted by atomic mass is 32.1. The van der Waals surface area contributed by atoms with Crippen LogP contribution in [0, 0.1) is 23.7 Å². The highest BCUT2D eigenvalue weighted by molar-refractivity contribution is 7.07. The number of terminal acetylenes is 1. The monoisotopic (exact) mass is 508 g/mol. The summed E-state index contributed by atoms with van der Waals surface area (Å²) < 4.78 is 7.29. The number of hydrogen-bond acceptors (Lipinski definition) is 8. The van der Waals surface area contributed by atoms with Gasteiger partial charge in [-0.1, -0.05) is 12.0 Å². The quantitative estimate of drug-likeness (QED) is 0.462. The summed E-state index contributed by atoms with van der Waals surface area (Å²) in [6, 6.07) is 9.14. The number of carbonyl (C=O) groups is 2. The Bertz CT molecular complexity index is 1370. The molecule has 2 N–H and O–H groups in total. The Morgan fingerprint density at radius 3 is 2.75 bits per heavy atom. The van der Waals surface area contributed by atoms with Crippen LogP contribution in [0.25, 0.3) is 11.8 Å². The number of benzene rings is 1. The maximum absolute atomic E-state index is 12.9. The van der Waals surface area contributed by atoms with Crippen molar-refractivity contribution in [1.82, 2.24) is 14.8 Å². The van der Waals surface area contributed by atoms with E-state index in [2.05, 4.69) is 21.5 Å². The van der Waals surface area contributed by atoms with E-state index in [0.29, 0.717) is 35.7 Å². The van der Waals surface area contributed by atoms with Gasteiger partial charge in [0.2, 0.25) is 5.91 Å². The number of amides is 2. The van der Waals surface area contributed by atoms with Crippen LogP contribution in [0.15, 0.2) is 29.1 Å². The minimum Gasteiger partial charge on any atom is -0.379 e. The van der Waals surface area contributed by atoms with Gasteiger partial charge in [-0.15, -0.1) is 17.8 Å². The third kappa shape index (κ3) is 6.40. The number of nitrogens with zero attached hydrogens (tertiary/aromatic N) is 4. The lowest BCUT2D eigenvalue weighted by Crippen LogP contribution is -2.43. The Morgan fingerprint density at radius 1 is 1.33 bits per heavy atom. The molecule has 0 spiro atoms. The van der Waals surface area contributed by atoms with Crippen molar-refractivity contribution in [2.24, 2.45) is 0 Å². The van der Waals surface area contributed by atoms with Crippen molar-refractivity contribution in [3.63, 3.8) is 0 Å². The summed E-state index contributed by atoms with van der Waals surface area (Å²) in [6.45, 7) is 5.04. The SMILES string of the molecule is C#CCNC(=O)C(C#N)=c1sc(=CNc2cccc(N(C)C(=O)CN3CCOCC3)c2)c(=O)n1CC. The van der Waals surface area contributed by atoms with Gasteiger partial charge >= 0.3 is 0 Å². The van der Waals surface area contributed by atoms with Gasteiger partial charge in [-0.2, -0.15) is 5.26 Å². The van der Waals surface area contributed by atoms with Gasteiger partial charge in [-0.3, -0.25) is 23.9 Å². The van der Waals surface area contributed by atoms with Crippen LogP contribution in [0.3, 0.4) is 0 Å². The molecule has 2 amide bonds. The molecule has 1 aromatic carbocycles. The number of carbonyl (C=O) groups excluding carboxylic acids is 2.